The van der Waals surface area contributed by atoms with E-state index in [9.17, 15) is 4.79 Å². The second kappa shape index (κ2) is 8.69. The first-order valence-electron chi connectivity index (χ1n) is 9.32. The van der Waals surface area contributed by atoms with E-state index in [0.29, 0.717) is 6.54 Å². The van der Waals surface area contributed by atoms with Crippen molar-refractivity contribution in [2.24, 2.45) is 0 Å². The molecule has 0 radical (unpaired) electrons. The van der Waals surface area contributed by atoms with Crippen LogP contribution >= 0.6 is 0 Å². The van der Waals surface area contributed by atoms with Gasteiger partial charge in [-0.1, -0.05) is 54.6 Å². The number of hydrogen-bond donors (Lipinski definition) is 2. The third-order valence-corrected chi connectivity index (χ3v) is 4.93. The molecule has 0 fully saturated rings. The fraction of sp³-hybridized carbons (Fsp3) is 0.261. The molecule has 140 valence electrons. The van der Waals surface area contributed by atoms with Crippen LogP contribution in [0.25, 0.3) is 10.8 Å². The van der Waals surface area contributed by atoms with E-state index >= 15 is 0 Å². The van der Waals surface area contributed by atoms with Crippen molar-refractivity contribution >= 4 is 16.7 Å². The highest BCUT2D eigenvalue weighted by Gasteiger charge is 2.21. The van der Waals surface area contributed by atoms with Gasteiger partial charge in [0.1, 0.15) is 11.8 Å². The zero-order chi connectivity index (χ0) is 19.2. The predicted molar refractivity (Wildman–Crippen MR) is 109 cm³/mol. The van der Waals surface area contributed by atoms with E-state index < -0.39 is 0 Å². The summed E-state index contributed by atoms with van der Waals surface area (Å²) in [5, 5.41) is 7.61. The third-order valence-electron chi connectivity index (χ3n) is 4.93. The number of nitrogens with one attached hydrogen (secondary N) is 1. The minimum absolute atomic E-state index is 0.0397. The van der Waals surface area contributed by atoms with Gasteiger partial charge in [0, 0.05) is 12.1 Å². The number of rotatable bonds is 7. The van der Waals surface area contributed by atoms with Crippen LogP contribution in [-0.2, 0) is 11.3 Å². The van der Waals surface area contributed by atoms with Crippen molar-refractivity contribution in [3.63, 3.8) is 0 Å². The Bertz CT molecular complexity index is 900. The molecule has 4 nitrogen and oxygen atoms in total. The average Bonchev–Trinajstić information content (AvgIpc) is 2.71. The zero-order valence-corrected chi connectivity index (χ0v) is 16.1. The second-order valence-electron chi connectivity index (χ2n) is 6.90. The van der Waals surface area contributed by atoms with Crippen LogP contribution in [-0.4, -0.2) is 19.1 Å². The molecule has 27 heavy (non-hydrogen) atoms. The van der Waals surface area contributed by atoms with Crippen molar-refractivity contribution in [1.29, 1.82) is 0 Å². The molecule has 3 rings (SSSR count). The summed E-state index contributed by atoms with van der Waals surface area (Å²) in [5.41, 5.74) is 2.31. The molecule has 2 atom stereocenters. The molecule has 0 aliphatic heterocycles. The van der Waals surface area contributed by atoms with Crippen molar-refractivity contribution in [2.75, 3.05) is 7.11 Å². The van der Waals surface area contributed by atoms with Gasteiger partial charge in [0.15, 0.2) is 6.04 Å². The normalized spacial score (nSPS) is 13.1. The van der Waals surface area contributed by atoms with Gasteiger partial charge in [-0.25, -0.2) is 0 Å². The topological polar surface area (TPSA) is 54.9 Å². The molecule has 3 aromatic carbocycles. The summed E-state index contributed by atoms with van der Waals surface area (Å²) in [4.78, 5) is 12.5. The van der Waals surface area contributed by atoms with E-state index in [4.69, 9.17) is 4.74 Å². The van der Waals surface area contributed by atoms with Gasteiger partial charge in [0.2, 0.25) is 0 Å². The number of quaternary nitrogens is 1. The second-order valence-corrected chi connectivity index (χ2v) is 6.90. The first-order valence-corrected chi connectivity index (χ1v) is 9.32. The lowest BCUT2D eigenvalue weighted by atomic mass is 9.99. The summed E-state index contributed by atoms with van der Waals surface area (Å²) >= 11 is 0. The lowest BCUT2D eigenvalue weighted by Gasteiger charge is -2.18. The number of nitrogens with two attached hydrogens (primary N) is 1. The Labute approximate surface area is 160 Å². The van der Waals surface area contributed by atoms with Gasteiger partial charge in [-0.05, 0) is 42.3 Å². The average molecular weight is 363 g/mol. The summed E-state index contributed by atoms with van der Waals surface area (Å²) in [6, 6.07) is 22.5. The van der Waals surface area contributed by atoms with Crippen LogP contribution in [0.15, 0.2) is 66.7 Å². The molecule has 0 heterocycles. The van der Waals surface area contributed by atoms with E-state index in [1.165, 1.54) is 16.3 Å². The van der Waals surface area contributed by atoms with Crippen LogP contribution < -0.4 is 15.4 Å². The van der Waals surface area contributed by atoms with E-state index in [2.05, 4.69) is 60.0 Å². The third kappa shape index (κ3) is 4.66. The Balaban J connectivity index is 1.59. The van der Waals surface area contributed by atoms with Gasteiger partial charge in [0.25, 0.3) is 5.91 Å². The number of benzene rings is 3. The molecule has 1 amide bonds. The van der Waals surface area contributed by atoms with Crippen molar-refractivity contribution in [3.8, 4) is 5.75 Å². The largest absolute Gasteiger partial charge is 0.497 e. The maximum absolute atomic E-state index is 12.5. The molecular formula is C23H27N2O2+. The number of carbonyl (C=O) groups excluding carboxylic acids is 1. The Kier molecular flexibility index (Phi) is 6.09. The van der Waals surface area contributed by atoms with Crippen LogP contribution in [0.1, 0.15) is 31.0 Å². The standard InChI is InChI=1S/C23H26N2O2/c1-16(21-10-6-8-19-7-4-5-9-22(19)21)25-17(2)23(26)24-15-18-11-13-20(27-3)14-12-18/h4-14,16-17,25H,15H2,1-3H3,(H,24,26)/p+1/t16-,17-/m0/s1. The monoisotopic (exact) mass is 363 g/mol. The molecule has 0 bridgehead atoms. The first kappa shape index (κ1) is 18.9. The molecular weight excluding hydrogens is 336 g/mol. The predicted octanol–water partition coefficient (Wildman–Crippen LogP) is 3.18. The Hall–Kier alpha value is -2.85. The minimum atomic E-state index is -0.169. The van der Waals surface area contributed by atoms with Crippen molar-refractivity contribution < 1.29 is 14.8 Å². The quantitative estimate of drug-likeness (QED) is 0.677. The smallest absolute Gasteiger partial charge is 0.278 e. The molecule has 0 unspecified atom stereocenters. The molecule has 0 saturated carbocycles. The van der Waals surface area contributed by atoms with E-state index in [1.807, 2.05) is 31.2 Å². The Morgan fingerprint density at radius 2 is 1.70 bits per heavy atom. The van der Waals surface area contributed by atoms with Gasteiger partial charge in [-0.15, -0.1) is 0 Å². The van der Waals surface area contributed by atoms with Gasteiger partial charge >= 0.3 is 0 Å². The summed E-state index contributed by atoms with van der Waals surface area (Å²) < 4.78 is 5.16. The van der Waals surface area contributed by atoms with Gasteiger partial charge in [-0.2, -0.15) is 0 Å². The van der Waals surface area contributed by atoms with E-state index in [1.54, 1.807) is 7.11 Å². The maximum Gasteiger partial charge on any atom is 0.278 e. The molecule has 3 N–H and O–H groups in total. The van der Waals surface area contributed by atoms with Gasteiger partial charge < -0.3 is 15.4 Å². The number of fused-ring (bicyclic) bond motifs is 1. The van der Waals surface area contributed by atoms with Crippen LogP contribution in [0.4, 0.5) is 0 Å². The highest BCUT2D eigenvalue weighted by molar-refractivity contribution is 5.86. The minimum Gasteiger partial charge on any atom is -0.497 e. The number of amides is 1. The van der Waals surface area contributed by atoms with Crippen LogP contribution in [0, 0.1) is 0 Å². The molecule has 0 saturated heterocycles. The number of carbonyl (C=O) groups is 1. The Morgan fingerprint density at radius 3 is 2.44 bits per heavy atom. The molecule has 0 aromatic heterocycles. The first-order chi connectivity index (χ1) is 13.1. The zero-order valence-electron chi connectivity index (χ0n) is 16.1. The molecule has 0 spiro atoms. The van der Waals surface area contributed by atoms with Crippen molar-refractivity contribution in [3.05, 3.63) is 77.9 Å². The lowest BCUT2D eigenvalue weighted by molar-refractivity contribution is -0.710. The van der Waals surface area contributed by atoms with Gasteiger partial charge in [0.05, 0.1) is 7.11 Å². The van der Waals surface area contributed by atoms with Crippen LogP contribution in [0.2, 0.25) is 0 Å². The number of methoxy groups -OCH3 is 1. The van der Waals surface area contributed by atoms with Crippen molar-refractivity contribution in [2.45, 2.75) is 32.5 Å². The lowest BCUT2D eigenvalue weighted by Crippen LogP contribution is -2.92. The molecule has 3 aromatic rings. The highest BCUT2D eigenvalue weighted by Crippen LogP contribution is 2.22. The van der Waals surface area contributed by atoms with Crippen LogP contribution in [0.3, 0.4) is 0 Å². The fourth-order valence-electron chi connectivity index (χ4n) is 3.37. The van der Waals surface area contributed by atoms with E-state index in [0.717, 1.165) is 11.3 Å². The summed E-state index contributed by atoms with van der Waals surface area (Å²) in [6.07, 6.45) is 0. The number of hydrogen-bond acceptors (Lipinski definition) is 2. The molecule has 4 heteroatoms. The maximum atomic E-state index is 12.5. The highest BCUT2D eigenvalue weighted by atomic mass is 16.5. The number of ether oxygens (including phenoxy) is 1. The summed E-state index contributed by atoms with van der Waals surface area (Å²) in [6.45, 7) is 4.61. The van der Waals surface area contributed by atoms with Crippen molar-refractivity contribution in [1.82, 2.24) is 5.32 Å². The molecule has 0 aliphatic carbocycles. The molecule has 0 aliphatic rings. The van der Waals surface area contributed by atoms with Gasteiger partial charge in [-0.3, -0.25) is 4.79 Å². The SMILES string of the molecule is COc1ccc(CNC(=O)[C@H](C)[NH2+][C@@H](C)c2cccc3ccccc23)cc1. The summed E-state index contributed by atoms with van der Waals surface area (Å²) in [5.74, 6) is 0.855. The Morgan fingerprint density at radius 1 is 1.00 bits per heavy atom. The fourth-order valence-corrected chi connectivity index (χ4v) is 3.37. The van der Waals surface area contributed by atoms with E-state index in [-0.39, 0.29) is 18.0 Å². The van der Waals surface area contributed by atoms with Crippen LogP contribution in [0.5, 0.6) is 5.75 Å². The summed E-state index contributed by atoms with van der Waals surface area (Å²) in [7, 11) is 1.64.